The van der Waals surface area contributed by atoms with E-state index in [9.17, 15) is 4.79 Å². The maximum Gasteiger partial charge on any atom is 0.246 e. The SMILES string of the molecule is CNc1ccc(/C=C/C(=O)N(C)Cc2cc3ccccc3n2C)cn1. The van der Waals surface area contributed by atoms with E-state index in [2.05, 4.69) is 33.1 Å². The van der Waals surface area contributed by atoms with Crippen molar-refractivity contribution in [2.24, 2.45) is 7.05 Å². The van der Waals surface area contributed by atoms with Crippen LogP contribution in [0.1, 0.15) is 11.3 Å². The second-order valence-electron chi connectivity index (χ2n) is 6.01. The van der Waals surface area contributed by atoms with Gasteiger partial charge in [-0.15, -0.1) is 0 Å². The molecule has 0 radical (unpaired) electrons. The quantitative estimate of drug-likeness (QED) is 0.729. The Bertz CT molecular complexity index is 909. The molecule has 1 N–H and O–H groups in total. The zero-order valence-corrected chi connectivity index (χ0v) is 14.7. The minimum atomic E-state index is -0.0389. The summed E-state index contributed by atoms with van der Waals surface area (Å²) >= 11 is 0. The molecule has 0 spiro atoms. The Labute approximate surface area is 147 Å². The van der Waals surface area contributed by atoms with Crippen molar-refractivity contribution in [1.29, 1.82) is 0 Å². The lowest BCUT2D eigenvalue weighted by atomic mass is 10.2. The summed E-state index contributed by atoms with van der Waals surface area (Å²) in [5.74, 6) is 0.763. The van der Waals surface area contributed by atoms with Crippen LogP contribution in [0.3, 0.4) is 0 Å². The van der Waals surface area contributed by atoms with Crippen LogP contribution in [-0.4, -0.2) is 34.5 Å². The molecule has 0 saturated carbocycles. The van der Waals surface area contributed by atoms with E-state index in [1.54, 1.807) is 23.2 Å². The number of carbonyl (C=O) groups excluding carboxylic acids is 1. The standard InChI is InChI=1S/C20H22N4O/c1-21-19-10-8-15(13-22-19)9-11-20(25)23(2)14-17-12-16-6-4-5-7-18(16)24(17)3/h4-13H,14H2,1-3H3,(H,21,22)/b11-9+. The number of carbonyl (C=O) groups is 1. The van der Waals surface area contributed by atoms with Crippen molar-refractivity contribution < 1.29 is 4.79 Å². The van der Waals surface area contributed by atoms with Crippen molar-refractivity contribution in [2.75, 3.05) is 19.4 Å². The highest BCUT2D eigenvalue weighted by Gasteiger charge is 2.10. The number of aromatic nitrogens is 2. The fourth-order valence-corrected chi connectivity index (χ4v) is 2.77. The van der Waals surface area contributed by atoms with Crippen molar-refractivity contribution in [2.45, 2.75) is 6.54 Å². The minimum absolute atomic E-state index is 0.0389. The normalized spacial score (nSPS) is 11.2. The van der Waals surface area contributed by atoms with Gasteiger partial charge in [-0.05, 0) is 41.3 Å². The number of fused-ring (bicyclic) bond motifs is 1. The average molecular weight is 334 g/mol. The molecular formula is C20H22N4O. The van der Waals surface area contributed by atoms with Gasteiger partial charge in [-0.2, -0.15) is 0 Å². The fraction of sp³-hybridized carbons (Fsp3) is 0.200. The molecule has 25 heavy (non-hydrogen) atoms. The zero-order valence-electron chi connectivity index (χ0n) is 14.7. The first-order valence-electron chi connectivity index (χ1n) is 8.19. The van der Waals surface area contributed by atoms with Gasteiger partial charge in [0, 0.05) is 44.6 Å². The van der Waals surface area contributed by atoms with E-state index in [-0.39, 0.29) is 5.91 Å². The van der Waals surface area contributed by atoms with Gasteiger partial charge in [0.2, 0.25) is 5.91 Å². The third-order valence-corrected chi connectivity index (χ3v) is 4.29. The third kappa shape index (κ3) is 3.71. The van der Waals surface area contributed by atoms with Gasteiger partial charge in [0.05, 0.1) is 6.54 Å². The molecule has 5 heteroatoms. The topological polar surface area (TPSA) is 50.2 Å². The van der Waals surface area contributed by atoms with Crippen LogP contribution in [0.25, 0.3) is 17.0 Å². The summed E-state index contributed by atoms with van der Waals surface area (Å²) in [4.78, 5) is 18.3. The Hall–Kier alpha value is -3.08. The number of nitrogens with one attached hydrogen (secondary N) is 1. The summed E-state index contributed by atoms with van der Waals surface area (Å²) < 4.78 is 2.13. The van der Waals surface area contributed by atoms with E-state index in [1.807, 2.05) is 45.4 Å². The molecular weight excluding hydrogens is 312 g/mol. The van der Waals surface area contributed by atoms with Crippen molar-refractivity contribution >= 4 is 28.7 Å². The first-order chi connectivity index (χ1) is 12.1. The molecule has 0 fully saturated rings. The van der Waals surface area contributed by atoms with Crippen LogP contribution in [0.2, 0.25) is 0 Å². The molecule has 0 unspecified atom stereocenters. The highest BCUT2D eigenvalue weighted by Crippen LogP contribution is 2.19. The third-order valence-electron chi connectivity index (χ3n) is 4.29. The first kappa shape index (κ1) is 16.8. The van der Waals surface area contributed by atoms with Crippen molar-refractivity contribution in [3.63, 3.8) is 0 Å². The lowest BCUT2D eigenvalue weighted by molar-refractivity contribution is -0.125. The number of hydrogen-bond donors (Lipinski definition) is 1. The number of rotatable bonds is 5. The Kier molecular flexibility index (Phi) is 4.84. The van der Waals surface area contributed by atoms with Crippen LogP contribution < -0.4 is 5.32 Å². The van der Waals surface area contributed by atoms with Crippen molar-refractivity contribution in [1.82, 2.24) is 14.5 Å². The van der Waals surface area contributed by atoms with Crippen molar-refractivity contribution in [3.8, 4) is 0 Å². The lowest BCUT2D eigenvalue weighted by Crippen LogP contribution is -2.25. The second-order valence-corrected chi connectivity index (χ2v) is 6.01. The smallest absolute Gasteiger partial charge is 0.246 e. The molecule has 3 aromatic rings. The number of pyridine rings is 1. The molecule has 0 bridgehead atoms. The van der Waals surface area contributed by atoms with E-state index in [0.717, 1.165) is 17.1 Å². The van der Waals surface area contributed by atoms with Crippen LogP contribution in [-0.2, 0) is 18.4 Å². The Balaban J connectivity index is 1.69. The van der Waals surface area contributed by atoms with Gasteiger partial charge < -0.3 is 14.8 Å². The molecule has 2 aromatic heterocycles. The molecule has 0 aliphatic rings. The molecule has 2 heterocycles. The van der Waals surface area contributed by atoms with Crippen LogP contribution >= 0.6 is 0 Å². The summed E-state index contributed by atoms with van der Waals surface area (Å²) in [6.07, 6.45) is 5.10. The highest BCUT2D eigenvalue weighted by atomic mass is 16.2. The first-order valence-corrected chi connectivity index (χ1v) is 8.19. The number of hydrogen-bond acceptors (Lipinski definition) is 3. The predicted octanol–water partition coefficient (Wildman–Crippen LogP) is 3.29. The van der Waals surface area contributed by atoms with E-state index >= 15 is 0 Å². The molecule has 5 nitrogen and oxygen atoms in total. The summed E-state index contributed by atoms with van der Waals surface area (Å²) in [5, 5.41) is 4.16. The van der Waals surface area contributed by atoms with Crippen molar-refractivity contribution in [3.05, 3.63) is 66.0 Å². The van der Waals surface area contributed by atoms with Gasteiger partial charge in [-0.1, -0.05) is 18.2 Å². The minimum Gasteiger partial charge on any atom is -0.373 e. The maximum atomic E-state index is 12.4. The highest BCUT2D eigenvalue weighted by molar-refractivity contribution is 5.91. The van der Waals surface area contributed by atoms with Crippen LogP contribution in [0.5, 0.6) is 0 Å². The zero-order chi connectivity index (χ0) is 17.8. The molecule has 3 rings (SSSR count). The van der Waals surface area contributed by atoms with E-state index in [1.165, 1.54) is 10.9 Å². The van der Waals surface area contributed by atoms with Gasteiger partial charge in [0.15, 0.2) is 0 Å². The lowest BCUT2D eigenvalue weighted by Gasteiger charge is -2.15. The molecule has 0 aliphatic heterocycles. The van der Waals surface area contributed by atoms with E-state index in [0.29, 0.717) is 6.54 Å². The van der Waals surface area contributed by atoms with Gasteiger partial charge in [-0.3, -0.25) is 4.79 Å². The number of anilines is 1. The van der Waals surface area contributed by atoms with Gasteiger partial charge in [-0.25, -0.2) is 4.98 Å². The molecule has 0 saturated heterocycles. The van der Waals surface area contributed by atoms with E-state index < -0.39 is 0 Å². The Morgan fingerprint density at radius 1 is 1.28 bits per heavy atom. The van der Waals surface area contributed by atoms with Crippen LogP contribution in [0, 0.1) is 0 Å². The number of likely N-dealkylation sites (N-methyl/N-ethyl adjacent to an activating group) is 1. The van der Waals surface area contributed by atoms with E-state index in [4.69, 9.17) is 0 Å². The number of nitrogens with zero attached hydrogens (tertiary/aromatic N) is 3. The second kappa shape index (κ2) is 7.21. The van der Waals surface area contributed by atoms with Gasteiger partial charge >= 0.3 is 0 Å². The Morgan fingerprint density at radius 2 is 2.08 bits per heavy atom. The molecule has 0 atom stereocenters. The predicted molar refractivity (Wildman–Crippen MR) is 102 cm³/mol. The molecule has 1 aromatic carbocycles. The van der Waals surface area contributed by atoms with Gasteiger partial charge in [0.1, 0.15) is 5.82 Å². The molecule has 0 aliphatic carbocycles. The number of benzene rings is 1. The molecule has 1 amide bonds. The summed E-state index contributed by atoms with van der Waals surface area (Å²) in [6, 6.07) is 14.2. The summed E-state index contributed by atoms with van der Waals surface area (Å²) in [6.45, 7) is 0.561. The van der Waals surface area contributed by atoms with Crippen LogP contribution in [0.4, 0.5) is 5.82 Å². The van der Waals surface area contributed by atoms with Crippen LogP contribution in [0.15, 0.2) is 54.7 Å². The monoisotopic (exact) mass is 334 g/mol. The number of para-hydroxylation sites is 1. The summed E-state index contributed by atoms with van der Waals surface area (Å²) in [7, 11) is 5.66. The average Bonchev–Trinajstić information content (AvgIpc) is 2.96. The number of aryl methyl sites for hydroxylation is 1. The molecule has 128 valence electrons. The number of amides is 1. The Morgan fingerprint density at radius 3 is 2.76 bits per heavy atom. The largest absolute Gasteiger partial charge is 0.373 e. The fourth-order valence-electron chi connectivity index (χ4n) is 2.77. The summed E-state index contributed by atoms with van der Waals surface area (Å²) in [5.41, 5.74) is 3.17. The van der Waals surface area contributed by atoms with Gasteiger partial charge in [0.25, 0.3) is 0 Å². The maximum absolute atomic E-state index is 12.4.